The zero-order valence-electron chi connectivity index (χ0n) is 41.5. The molecule has 16 nitrogen and oxygen atoms in total. The Balaban J connectivity index is 1.20. The van der Waals surface area contributed by atoms with E-state index in [0.717, 1.165) is 65.0 Å². The average molecular weight is 921 g/mol. The summed E-state index contributed by atoms with van der Waals surface area (Å²) in [6.07, 6.45) is 8.72. The number of anilines is 1. The molecular formula is C50H76N6O10+2. The molecule has 0 saturated carbocycles. The second-order valence-electron chi connectivity index (χ2n) is 19.6. The standard InChI is InChI=1S/C50H76N6O10/c1-34(57)62-33-43-44(63-35(2)58)45(64-36(3)59)46(65-37(4)60)48(66-43)55-27-22-38(23-28-55)47(61)53(11)25-19-15-16-20-26-56-32-42(54(12)52-56)21-17-13-14-18-24-51-41-30-39(49(5,6)7)29-40(31-41)50(8,9)10/h22-23,27-32,43-46,48,51H,13-21,24-26,33H2,1-12H3/q+2/t43-,44-,45+,46+,48+/m1/s1. The third-order valence-electron chi connectivity index (χ3n) is 11.7. The Hall–Kier alpha value is -5.38. The molecular weight excluding hydrogens is 845 g/mol. The maximum absolute atomic E-state index is 13.4. The van der Waals surface area contributed by atoms with Gasteiger partial charge in [-0.1, -0.05) is 66.9 Å². The lowest BCUT2D eigenvalue weighted by molar-refractivity contribution is -0.777. The van der Waals surface area contributed by atoms with E-state index < -0.39 is 54.5 Å². The van der Waals surface area contributed by atoms with E-state index >= 15 is 0 Å². The van der Waals surface area contributed by atoms with Crippen molar-refractivity contribution in [2.24, 2.45) is 7.05 Å². The highest BCUT2D eigenvalue weighted by Gasteiger charge is 2.56. The number of esters is 4. The molecule has 0 spiro atoms. The van der Waals surface area contributed by atoms with Gasteiger partial charge < -0.3 is 33.9 Å². The normalized spacial score (nSPS) is 18.6. The molecule has 3 heterocycles. The van der Waals surface area contributed by atoms with Crippen LogP contribution in [0.15, 0.2) is 48.9 Å². The summed E-state index contributed by atoms with van der Waals surface area (Å²) in [6, 6.07) is 10.2. The van der Waals surface area contributed by atoms with Gasteiger partial charge in [0.2, 0.25) is 6.10 Å². The number of nitrogens with zero attached hydrogens (tertiary/aromatic N) is 5. The smallest absolute Gasteiger partial charge is 0.304 e. The molecule has 1 N–H and O–H groups in total. The van der Waals surface area contributed by atoms with Crippen molar-refractivity contribution in [2.75, 3.05) is 32.1 Å². The number of rotatable bonds is 22. The Bertz CT molecular complexity index is 2060. The van der Waals surface area contributed by atoms with Crippen LogP contribution in [-0.4, -0.2) is 95.7 Å². The van der Waals surface area contributed by atoms with Crippen LogP contribution in [0.2, 0.25) is 0 Å². The quantitative estimate of drug-likeness (QED) is 0.0510. The molecule has 1 fully saturated rings. The number of amides is 1. The predicted molar refractivity (Wildman–Crippen MR) is 247 cm³/mol. The molecule has 1 aromatic carbocycles. The number of hydrogen-bond acceptors (Lipinski definition) is 12. The van der Waals surface area contributed by atoms with Gasteiger partial charge in [-0.2, -0.15) is 4.57 Å². The van der Waals surface area contributed by atoms with Gasteiger partial charge in [-0.05, 0) is 66.2 Å². The molecule has 2 aromatic heterocycles. The number of hydrogen-bond donors (Lipinski definition) is 1. The minimum atomic E-state index is -1.31. The molecule has 0 unspecified atom stereocenters. The van der Waals surface area contributed by atoms with E-state index in [1.165, 1.54) is 56.1 Å². The molecule has 1 saturated heterocycles. The van der Waals surface area contributed by atoms with Gasteiger partial charge in [0.1, 0.15) is 26.3 Å². The Morgan fingerprint density at radius 1 is 0.742 bits per heavy atom. The first kappa shape index (κ1) is 53.2. The van der Waals surface area contributed by atoms with Gasteiger partial charge in [0, 0.05) is 72.1 Å². The number of carbonyl (C=O) groups excluding carboxylic acids is 5. The molecule has 364 valence electrons. The molecule has 0 aliphatic carbocycles. The first-order valence-corrected chi connectivity index (χ1v) is 23.4. The van der Waals surface area contributed by atoms with Crippen LogP contribution >= 0.6 is 0 Å². The van der Waals surface area contributed by atoms with Crippen LogP contribution in [0.25, 0.3) is 0 Å². The highest BCUT2D eigenvalue weighted by molar-refractivity contribution is 5.93. The number of aromatic nitrogens is 4. The number of ether oxygens (including phenoxy) is 5. The Labute approximate surface area is 391 Å². The third-order valence-corrected chi connectivity index (χ3v) is 11.7. The van der Waals surface area contributed by atoms with Crippen LogP contribution in [0.1, 0.15) is 154 Å². The van der Waals surface area contributed by atoms with Gasteiger partial charge in [0.25, 0.3) is 5.91 Å². The SMILES string of the molecule is CC(=O)OC[C@H]1O[C@H]([n+]2ccc(C(=O)N(C)CCCCCC[n+]3cc(CCCCCCNc4cc(C(C)(C)C)cc(C(C)(C)C)c4)n(C)n3)cc2)[C@@H](OC(C)=O)[C@@H](OC(C)=O)[C@@H]1OC(C)=O. The summed E-state index contributed by atoms with van der Waals surface area (Å²) >= 11 is 0. The van der Waals surface area contributed by atoms with Crippen LogP contribution in [0, 0.1) is 0 Å². The van der Waals surface area contributed by atoms with Crippen LogP contribution in [0.3, 0.4) is 0 Å². The minimum Gasteiger partial charge on any atom is -0.463 e. The Morgan fingerprint density at radius 2 is 1.30 bits per heavy atom. The number of unbranched alkanes of at least 4 members (excludes halogenated alkanes) is 6. The molecule has 0 radical (unpaired) electrons. The van der Waals surface area contributed by atoms with E-state index in [2.05, 4.69) is 71.3 Å². The van der Waals surface area contributed by atoms with Gasteiger partial charge >= 0.3 is 30.1 Å². The number of pyridine rings is 1. The molecule has 1 aliphatic heterocycles. The van der Waals surface area contributed by atoms with Crippen molar-refractivity contribution in [2.45, 2.75) is 175 Å². The van der Waals surface area contributed by atoms with Crippen LogP contribution in [-0.2, 0) is 73.7 Å². The topological polar surface area (TPSA) is 172 Å². The van der Waals surface area contributed by atoms with E-state index in [0.29, 0.717) is 12.1 Å². The first-order valence-electron chi connectivity index (χ1n) is 23.4. The van der Waals surface area contributed by atoms with Crippen molar-refractivity contribution in [3.8, 4) is 0 Å². The summed E-state index contributed by atoms with van der Waals surface area (Å²) in [4.78, 5) is 63.3. The van der Waals surface area contributed by atoms with Crippen LogP contribution in [0.4, 0.5) is 5.69 Å². The first-order chi connectivity index (χ1) is 31.0. The fourth-order valence-electron chi connectivity index (χ4n) is 7.95. The Kier molecular flexibility index (Phi) is 19.7. The van der Waals surface area contributed by atoms with Gasteiger partial charge in [-0.3, -0.25) is 24.0 Å². The number of carbonyl (C=O) groups is 5. The summed E-state index contributed by atoms with van der Waals surface area (Å²) in [5, 5.41) is 8.40. The van der Waals surface area contributed by atoms with Crippen molar-refractivity contribution >= 4 is 35.5 Å². The second-order valence-corrected chi connectivity index (χ2v) is 19.6. The lowest BCUT2D eigenvalue weighted by Gasteiger charge is -2.41. The van der Waals surface area contributed by atoms with Crippen molar-refractivity contribution in [1.29, 1.82) is 0 Å². The number of nitrogens with one attached hydrogen (secondary N) is 1. The summed E-state index contributed by atoms with van der Waals surface area (Å²) in [7, 11) is 3.78. The summed E-state index contributed by atoms with van der Waals surface area (Å²) in [6.45, 7) is 20.4. The van der Waals surface area contributed by atoms with Crippen molar-refractivity contribution in [1.82, 2.24) is 14.8 Å². The largest absolute Gasteiger partial charge is 0.463 e. The van der Waals surface area contributed by atoms with Crippen molar-refractivity contribution in [3.05, 3.63) is 71.3 Å². The lowest BCUT2D eigenvalue weighted by Crippen LogP contribution is -2.65. The summed E-state index contributed by atoms with van der Waals surface area (Å²) < 4.78 is 33.6. The van der Waals surface area contributed by atoms with Gasteiger partial charge in [-0.25, -0.2) is 0 Å². The van der Waals surface area contributed by atoms with Crippen molar-refractivity contribution < 1.29 is 56.9 Å². The predicted octanol–water partition coefficient (Wildman–Crippen LogP) is 6.39. The highest BCUT2D eigenvalue weighted by Crippen LogP contribution is 2.33. The maximum Gasteiger partial charge on any atom is 0.304 e. The molecule has 1 amide bonds. The van der Waals surface area contributed by atoms with Crippen LogP contribution < -0.4 is 14.6 Å². The molecule has 66 heavy (non-hydrogen) atoms. The third kappa shape index (κ3) is 16.5. The summed E-state index contributed by atoms with van der Waals surface area (Å²) in [5.41, 5.74) is 5.82. The maximum atomic E-state index is 13.4. The number of benzene rings is 1. The molecule has 0 bridgehead atoms. The van der Waals surface area contributed by atoms with E-state index in [1.807, 2.05) is 16.4 Å². The second kappa shape index (κ2) is 24.4. The van der Waals surface area contributed by atoms with E-state index in [4.69, 9.17) is 28.9 Å². The van der Waals surface area contributed by atoms with E-state index in [-0.39, 0.29) is 23.3 Å². The van der Waals surface area contributed by atoms with Crippen LogP contribution in [0.5, 0.6) is 0 Å². The molecule has 16 heteroatoms. The number of aryl methyl sites for hydroxylation is 3. The van der Waals surface area contributed by atoms with Gasteiger partial charge in [0.15, 0.2) is 36.5 Å². The molecule has 3 aromatic rings. The van der Waals surface area contributed by atoms with Gasteiger partial charge in [-0.15, -0.1) is 9.36 Å². The zero-order chi connectivity index (χ0) is 48.8. The monoisotopic (exact) mass is 921 g/mol. The molecule has 4 rings (SSSR count). The van der Waals surface area contributed by atoms with Gasteiger partial charge in [0.05, 0.1) is 10.8 Å². The zero-order valence-corrected chi connectivity index (χ0v) is 41.5. The average Bonchev–Trinajstić information content (AvgIpc) is 3.59. The minimum absolute atomic E-state index is 0.103. The van der Waals surface area contributed by atoms with E-state index in [9.17, 15) is 24.0 Å². The fraction of sp³-hybridized carbons (Fsp3) is 0.640. The van der Waals surface area contributed by atoms with E-state index in [1.54, 1.807) is 41.0 Å². The van der Waals surface area contributed by atoms with Crippen molar-refractivity contribution in [3.63, 3.8) is 0 Å². The summed E-state index contributed by atoms with van der Waals surface area (Å²) in [5.74, 6) is -2.91. The molecule has 5 atom stereocenters. The highest BCUT2D eigenvalue weighted by atomic mass is 16.7. The molecule has 1 aliphatic rings. The Morgan fingerprint density at radius 3 is 1.89 bits per heavy atom. The fourth-order valence-corrected chi connectivity index (χ4v) is 7.95. The lowest BCUT2D eigenvalue weighted by atomic mass is 9.80.